The molecule has 0 aromatic carbocycles. The minimum Gasteiger partial charge on any atom is -0.328 e. The molecule has 0 saturated carbocycles. The van der Waals surface area contributed by atoms with Gasteiger partial charge in [0.25, 0.3) is 0 Å². The minimum atomic E-state index is -1.24. The Morgan fingerprint density at radius 2 is 2.14 bits per heavy atom. The number of aldehydes is 1. The minimum absolute atomic E-state index is 0.287. The first kappa shape index (κ1) is 7.68. The molecule has 1 N–H and O–H groups in total. The third kappa shape index (κ3) is 3.28. The summed E-state index contributed by atoms with van der Waals surface area (Å²) < 4.78 is 6.89. The SMILES string of the molecule is O=CC(S)(S)SO. The number of hydrogen-bond acceptors (Lipinski definition) is 5. The molecule has 0 amide bonds. The van der Waals surface area contributed by atoms with Crippen molar-refractivity contribution in [3.05, 3.63) is 0 Å². The molecule has 0 aromatic heterocycles. The summed E-state index contributed by atoms with van der Waals surface area (Å²) in [4.78, 5) is 9.72. The van der Waals surface area contributed by atoms with Gasteiger partial charge in [-0.15, -0.1) is 25.3 Å². The van der Waals surface area contributed by atoms with Crippen molar-refractivity contribution in [2.24, 2.45) is 0 Å². The van der Waals surface area contributed by atoms with Crippen LogP contribution in [-0.2, 0) is 4.79 Å². The van der Waals surface area contributed by atoms with Crippen LogP contribution in [0.4, 0.5) is 0 Å². The van der Waals surface area contributed by atoms with Crippen LogP contribution in [-0.4, -0.2) is 14.2 Å². The summed E-state index contributed by atoms with van der Waals surface area (Å²) in [5.74, 6) is 0. The van der Waals surface area contributed by atoms with Crippen LogP contribution in [0, 0.1) is 0 Å². The highest BCUT2D eigenvalue weighted by atomic mass is 32.2. The zero-order chi connectivity index (χ0) is 5.91. The number of carbonyl (C=O) groups is 1. The van der Waals surface area contributed by atoms with Gasteiger partial charge in [-0.05, 0) is 0 Å². The van der Waals surface area contributed by atoms with E-state index >= 15 is 0 Å². The van der Waals surface area contributed by atoms with Crippen molar-refractivity contribution in [2.45, 2.75) is 3.41 Å². The van der Waals surface area contributed by atoms with Gasteiger partial charge >= 0.3 is 0 Å². The summed E-state index contributed by atoms with van der Waals surface area (Å²) in [7, 11) is 0. The van der Waals surface area contributed by atoms with Gasteiger partial charge in [0.1, 0.15) is 0 Å². The van der Waals surface area contributed by atoms with Crippen molar-refractivity contribution in [2.75, 3.05) is 0 Å². The Bertz CT molecular complexity index is 71.3. The van der Waals surface area contributed by atoms with Crippen molar-refractivity contribution < 1.29 is 9.35 Å². The maximum Gasteiger partial charge on any atom is 0.182 e. The Morgan fingerprint density at radius 1 is 1.71 bits per heavy atom. The molecule has 0 atom stereocenters. The molecule has 0 aliphatic carbocycles. The topological polar surface area (TPSA) is 37.3 Å². The van der Waals surface area contributed by atoms with Crippen molar-refractivity contribution in [1.29, 1.82) is 0 Å². The second-order valence-electron chi connectivity index (χ2n) is 0.868. The van der Waals surface area contributed by atoms with E-state index in [1.54, 1.807) is 0 Å². The highest BCUT2D eigenvalue weighted by Gasteiger charge is 2.17. The molecule has 0 rings (SSSR count). The predicted molar refractivity (Wildman–Crippen MR) is 37.0 cm³/mol. The molecule has 0 bridgehead atoms. The molecule has 0 fully saturated rings. The van der Waals surface area contributed by atoms with Gasteiger partial charge in [0.2, 0.25) is 0 Å². The third-order valence-electron chi connectivity index (χ3n) is 0.288. The second-order valence-corrected chi connectivity index (χ2v) is 4.06. The van der Waals surface area contributed by atoms with E-state index in [0.717, 1.165) is 0 Å². The van der Waals surface area contributed by atoms with E-state index in [2.05, 4.69) is 25.3 Å². The van der Waals surface area contributed by atoms with Crippen LogP contribution in [0.15, 0.2) is 0 Å². The first-order valence-electron chi connectivity index (χ1n) is 1.36. The summed E-state index contributed by atoms with van der Waals surface area (Å²) in [5, 5.41) is 0. The van der Waals surface area contributed by atoms with E-state index in [1.165, 1.54) is 0 Å². The van der Waals surface area contributed by atoms with Gasteiger partial charge in [-0.2, -0.15) is 0 Å². The fourth-order valence-electron chi connectivity index (χ4n) is 0.0215. The van der Waals surface area contributed by atoms with Crippen LogP contribution in [0.3, 0.4) is 0 Å². The number of hydrogen-bond donors (Lipinski definition) is 3. The predicted octanol–water partition coefficient (Wildman–Crippen LogP) is 0.905. The van der Waals surface area contributed by atoms with Gasteiger partial charge in [0.15, 0.2) is 9.70 Å². The van der Waals surface area contributed by atoms with Crippen molar-refractivity contribution in [3.8, 4) is 0 Å². The fraction of sp³-hybridized carbons (Fsp3) is 0.500. The Balaban J connectivity index is 3.58. The lowest BCUT2D eigenvalue weighted by Gasteiger charge is -2.05. The standard InChI is InChI=1S/C2H4O2S3/c3-1-2(5,6)7-4/h1,4-6H. The summed E-state index contributed by atoms with van der Waals surface area (Å²) >= 11 is 7.48. The van der Waals surface area contributed by atoms with Crippen LogP contribution >= 0.6 is 37.3 Å². The van der Waals surface area contributed by atoms with E-state index in [4.69, 9.17) is 4.55 Å². The van der Waals surface area contributed by atoms with Crippen LogP contribution in [0.5, 0.6) is 0 Å². The molecular weight excluding hydrogens is 152 g/mol. The quantitative estimate of drug-likeness (QED) is 0.241. The Hall–Kier alpha value is 0.680. The molecule has 7 heavy (non-hydrogen) atoms. The highest BCUT2D eigenvalue weighted by molar-refractivity contribution is 8.23. The smallest absolute Gasteiger partial charge is 0.182 e. The summed E-state index contributed by atoms with van der Waals surface area (Å²) in [6, 6.07) is 0. The van der Waals surface area contributed by atoms with E-state index in [0.29, 0.717) is 6.29 Å². The van der Waals surface area contributed by atoms with E-state index in [1.807, 2.05) is 0 Å². The van der Waals surface area contributed by atoms with E-state index < -0.39 is 3.41 Å². The lowest BCUT2D eigenvalue weighted by molar-refractivity contribution is -0.106. The van der Waals surface area contributed by atoms with E-state index in [-0.39, 0.29) is 12.0 Å². The third-order valence-corrected chi connectivity index (χ3v) is 1.35. The first-order chi connectivity index (χ1) is 3.12. The molecule has 0 unspecified atom stereocenters. The van der Waals surface area contributed by atoms with Gasteiger partial charge < -0.3 is 4.55 Å². The molecule has 0 aliphatic rings. The van der Waals surface area contributed by atoms with E-state index in [9.17, 15) is 4.79 Å². The highest BCUT2D eigenvalue weighted by Crippen LogP contribution is 2.27. The average Bonchev–Trinajstić information content (AvgIpc) is 1.68. The maximum absolute atomic E-state index is 9.72. The summed E-state index contributed by atoms with van der Waals surface area (Å²) in [5.41, 5.74) is 0. The van der Waals surface area contributed by atoms with Crippen LogP contribution in [0.2, 0.25) is 0 Å². The number of carbonyl (C=O) groups excluding carboxylic acids is 1. The molecule has 0 saturated heterocycles. The molecule has 0 heterocycles. The second kappa shape index (κ2) is 2.86. The lowest BCUT2D eigenvalue weighted by Crippen LogP contribution is -2.06. The molecule has 0 spiro atoms. The zero-order valence-electron chi connectivity index (χ0n) is 3.24. The summed E-state index contributed by atoms with van der Waals surface area (Å²) in [6.07, 6.45) is 0.434. The molecule has 5 heteroatoms. The number of thiol groups is 2. The van der Waals surface area contributed by atoms with Gasteiger partial charge in [-0.25, -0.2) is 0 Å². The van der Waals surface area contributed by atoms with Crippen LogP contribution in [0.1, 0.15) is 0 Å². The van der Waals surface area contributed by atoms with Crippen molar-refractivity contribution >= 4 is 43.6 Å². The molecular formula is C2H4O2S3. The summed E-state index contributed by atoms with van der Waals surface area (Å²) in [6.45, 7) is 0. The van der Waals surface area contributed by atoms with Gasteiger partial charge in [-0.1, -0.05) is 0 Å². The monoisotopic (exact) mass is 156 g/mol. The largest absolute Gasteiger partial charge is 0.328 e. The Morgan fingerprint density at radius 3 is 2.14 bits per heavy atom. The molecule has 0 aliphatic heterocycles. The molecule has 42 valence electrons. The van der Waals surface area contributed by atoms with Gasteiger partial charge in [-0.3, -0.25) is 4.79 Å². The fourth-order valence-corrected chi connectivity index (χ4v) is 0.0645. The number of rotatable bonds is 2. The lowest BCUT2D eigenvalue weighted by atomic mass is 10.9. The van der Waals surface area contributed by atoms with Gasteiger partial charge in [0, 0.05) is 12.0 Å². The maximum atomic E-state index is 9.72. The van der Waals surface area contributed by atoms with Crippen LogP contribution in [0.25, 0.3) is 0 Å². The average molecular weight is 156 g/mol. The molecule has 0 radical (unpaired) electrons. The Labute approximate surface area is 56.7 Å². The molecule has 2 nitrogen and oxygen atoms in total. The van der Waals surface area contributed by atoms with Crippen molar-refractivity contribution in [1.82, 2.24) is 0 Å². The van der Waals surface area contributed by atoms with Crippen molar-refractivity contribution in [3.63, 3.8) is 0 Å². The Kier molecular flexibility index (Phi) is 3.14. The van der Waals surface area contributed by atoms with Crippen LogP contribution < -0.4 is 0 Å². The normalized spacial score (nSPS) is 11.3. The zero-order valence-corrected chi connectivity index (χ0v) is 5.84. The first-order valence-corrected chi connectivity index (χ1v) is 3.03. The van der Waals surface area contributed by atoms with Gasteiger partial charge in [0.05, 0.1) is 0 Å². The molecule has 0 aromatic rings.